The van der Waals surface area contributed by atoms with Gasteiger partial charge in [-0.3, -0.25) is 4.79 Å². The van der Waals surface area contributed by atoms with E-state index in [0.717, 1.165) is 5.56 Å². The lowest BCUT2D eigenvalue weighted by molar-refractivity contribution is -0.123. The molecule has 0 aliphatic heterocycles. The molecule has 110 valence electrons. The van der Waals surface area contributed by atoms with Crippen LogP contribution in [0.3, 0.4) is 0 Å². The summed E-state index contributed by atoms with van der Waals surface area (Å²) in [5.74, 6) is 0.539. The summed E-state index contributed by atoms with van der Waals surface area (Å²) in [5, 5.41) is 3.11. The van der Waals surface area contributed by atoms with Gasteiger partial charge in [0, 0.05) is 6.04 Å². The zero-order chi connectivity index (χ0) is 14.4. The van der Waals surface area contributed by atoms with Gasteiger partial charge in [-0.15, -0.1) is 0 Å². The number of hydrogen-bond acceptors (Lipinski definition) is 2. The van der Waals surface area contributed by atoms with Crippen LogP contribution in [0.15, 0.2) is 30.3 Å². The van der Waals surface area contributed by atoms with Crippen LogP contribution in [0.4, 0.5) is 0 Å². The van der Waals surface area contributed by atoms with Gasteiger partial charge in [0.25, 0.3) is 0 Å². The SMILES string of the molecule is C[C@H](NC(=O)[C@@H](N)c1ccccc1)C1CCCCCC1. The minimum absolute atomic E-state index is 0.0621. The Kier molecular flexibility index (Phi) is 5.60. The van der Waals surface area contributed by atoms with E-state index in [9.17, 15) is 4.79 Å². The number of carbonyl (C=O) groups is 1. The molecule has 1 amide bonds. The Labute approximate surface area is 121 Å². The molecule has 3 nitrogen and oxygen atoms in total. The van der Waals surface area contributed by atoms with Crippen molar-refractivity contribution in [3.63, 3.8) is 0 Å². The average Bonchev–Trinajstić information content (AvgIpc) is 2.76. The van der Waals surface area contributed by atoms with E-state index >= 15 is 0 Å². The topological polar surface area (TPSA) is 55.1 Å². The minimum atomic E-state index is -0.565. The van der Waals surface area contributed by atoms with Gasteiger partial charge in [0.2, 0.25) is 5.91 Å². The van der Waals surface area contributed by atoms with Crippen LogP contribution in [0.25, 0.3) is 0 Å². The molecule has 3 heteroatoms. The van der Waals surface area contributed by atoms with Crippen molar-refractivity contribution < 1.29 is 4.79 Å². The summed E-state index contributed by atoms with van der Waals surface area (Å²) in [6.07, 6.45) is 7.69. The maximum atomic E-state index is 12.2. The Balaban J connectivity index is 1.89. The summed E-state index contributed by atoms with van der Waals surface area (Å²) >= 11 is 0. The summed E-state index contributed by atoms with van der Waals surface area (Å²) in [6.45, 7) is 2.12. The van der Waals surface area contributed by atoms with E-state index in [1.165, 1.54) is 38.5 Å². The largest absolute Gasteiger partial charge is 0.352 e. The van der Waals surface area contributed by atoms with Gasteiger partial charge in [0.1, 0.15) is 6.04 Å². The highest BCUT2D eigenvalue weighted by Crippen LogP contribution is 2.25. The van der Waals surface area contributed by atoms with Crippen LogP contribution in [0.5, 0.6) is 0 Å². The maximum Gasteiger partial charge on any atom is 0.241 e. The van der Waals surface area contributed by atoms with Crippen molar-refractivity contribution >= 4 is 5.91 Å². The first-order valence-electron chi connectivity index (χ1n) is 7.79. The molecule has 1 aliphatic rings. The minimum Gasteiger partial charge on any atom is -0.352 e. The van der Waals surface area contributed by atoms with Crippen LogP contribution in [-0.4, -0.2) is 11.9 Å². The molecule has 2 atom stereocenters. The van der Waals surface area contributed by atoms with Crippen molar-refractivity contribution in [1.82, 2.24) is 5.32 Å². The molecule has 0 saturated heterocycles. The number of benzene rings is 1. The number of rotatable bonds is 4. The van der Waals surface area contributed by atoms with E-state index in [1.807, 2.05) is 30.3 Å². The monoisotopic (exact) mass is 274 g/mol. The number of nitrogens with two attached hydrogens (primary N) is 1. The molecule has 0 bridgehead atoms. The van der Waals surface area contributed by atoms with Crippen molar-refractivity contribution in [1.29, 1.82) is 0 Å². The fourth-order valence-corrected chi connectivity index (χ4v) is 3.05. The Bertz CT molecular complexity index is 410. The molecule has 3 N–H and O–H groups in total. The number of amides is 1. The zero-order valence-electron chi connectivity index (χ0n) is 12.3. The third-order valence-electron chi connectivity index (χ3n) is 4.42. The average molecular weight is 274 g/mol. The van der Waals surface area contributed by atoms with Crippen molar-refractivity contribution in [2.45, 2.75) is 57.5 Å². The molecular weight excluding hydrogens is 248 g/mol. The second kappa shape index (κ2) is 7.44. The normalized spacial score (nSPS) is 19.9. The van der Waals surface area contributed by atoms with E-state index in [-0.39, 0.29) is 11.9 Å². The predicted molar refractivity (Wildman–Crippen MR) is 82.2 cm³/mol. The molecule has 1 saturated carbocycles. The summed E-state index contributed by atoms with van der Waals surface area (Å²) in [6, 6.07) is 9.22. The molecule has 1 aliphatic carbocycles. The van der Waals surface area contributed by atoms with E-state index < -0.39 is 6.04 Å². The quantitative estimate of drug-likeness (QED) is 0.829. The van der Waals surface area contributed by atoms with Crippen LogP contribution in [-0.2, 0) is 4.79 Å². The highest BCUT2D eigenvalue weighted by atomic mass is 16.2. The third-order valence-corrected chi connectivity index (χ3v) is 4.42. The van der Waals surface area contributed by atoms with Gasteiger partial charge in [-0.2, -0.15) is 0 Å². The maximum absolute atomic E-state index is 12.2. The molecule has 1 aromatic carbocycles. The van der Waals surface area contributed by atoms with Gasteiger partial charge in [-0.25, -0.2) is 0 Å². The Morgan fingerprint density at radius 2 is 1.75 bits per heavy atom. The number of hydrogen-bond donors (Lipinski definition) is 2. The Morgan fingerprint density at radius 3 is 2.35 bits per heavy atom. The standard InChI is InChI=1S/C17H26N2O/c1-13(14-9-5-2-3-6-10-14)19-17(20)16(18)15-11-7-4-8-12-15/h4,7-8,11-14,16H,2-3,5-6,9-10,18H2,1H3,(H,19,20)/t13-,16-/m0/s1. The molecule has 20 heavy (non-hydrogen) atoms. The molecule has 0 unspecified atom stereocenters. The fraction of sp³-hybridized carbons (Fsp3) is 0.588. The lowest BCUT2D eigenvalue weighted by Gasteiger charge is -2.25. The first kappa shape index (κ1) is 15.0. The lowest BCUT2D eigenvalue weighted by Crippen LogP contribution is -2.42. The van der Waals surface area contributed by atoms with Crippen LogP contribution in [0.1, 0.15) is 57.1 Å². The molecular formula is C17H26N2O. The summed E-state index contributed by atoms with van der Waals surface area (Å²) in [5.41, 5.74) is 6.91. The van der Waals surface area contributed by atoms with Crippen molar-refractivity contribution in [2.75, 3.05) is 0 Å². The molecule has 0 aromatic heterocycles. The van der Waals surface area contributed by atoms with E-state index in [2.05, 4.69) is 12.2 Å². The van der Waals surface area contributed by atoms with Gasteiger partial charge in [0.05, 0.1) is 0 Å². The van der Waals surface area contributed by atoms with E-state index in [1.54, 1.807) is 0 Å². The predicted octanol–water partition coefficient (Wildman–Crippen LogP) is 3.16. The smallest absolute Gasteiger partial charge is 0.241 e. The van der Waals surface area contributed by atoms with Crippen molar-refractivity contribution in [3.8, 4) is 0 Å². The summed E-state index contributed by atoms with van der Waals surface area (Å²) in [7, 11) is 0. The Morgan fingerprint density at radius 1 is 1.15 bits per heavy atom. The third kappa shape index (κ3) is 4.07. The van der Waals surface area contributed by atoms with Gasteiger partial charge in [-0.1, -0.05) is 56.0 Å². The van der Waals surface area contributed by atoms with Gasteiger partial charge < -0.3 is 11.1 Å². The highest BCUT2D eigenvalue weighted by molar-refractivity contribution is 5.83. The fourth-order valence-electron chi connectivity index (χ4n) is 3.05. The van der Waals surface area contributed by atoms with Gasteiger partial charge >= 0.3 is 0 Å². The zero-order valence-corrected chi connectivity index (χ0v) is 12.3. The van der Waals surface area contributed by atoms with Crippen LogP contribution in [0, 0.1) is 5.92 Å². The highest BCUT2D eigenvalue weighted by Gasteiger charge is 2.23. The molecule has 0 spiro atoms. The second-order valence-corrected chi connectivity index (χ2v) is 5.94. The first-order chi connectivity index (χ1) is 9.68. The molecule has 2 rings (SSSR count). The van der Waals surface area contributed by atoms with Gasteiger partial charge in [-0.05, 0) is 31.2 Å². The Hall–Kier alpha value is -1.35. The molecule has 0 radical (unpaired) electrons. The van der Waals surface area contributed by atoms with Gasteiger partial charge in [0.15, 0.2) is 0 Å². The van der Waals surface area contributed by atoms with Crippen molar-refractivity contribution in [2.24, 2.45) is 11.7 Å². The summed E-state index contributed by atoms with van der Waals surface area (Å²) in [4.78, 5) is 12.2. The number of nitrogens with one attached hydrogen (secondary N) is 1. The van der Waals surface area contributed by atoms with Crippen LogP contribution >= 0.6 is 0 Å². The molecule has 0 heterocycles. The van der Waals surface area contributed by atoms with Crippen molar-refractivity contribution in [3.05, 3.63) is 35.9 Å². The van der Waals surface area contributed by atoms with E-state index in [4.69, 9.17) is 5.73 Å². The summed E-state index contributed by atoms with van der Waals surface area (Å²) < 4.78 is 0. The van der Waals surface area contributed by atoms with Crippen LogP contribution in [0.2, 0.25) is 0 Å². The molecule has 1 aromatic rings. The molecule has 1 fully saturated rings. The first-order valence-corrected chi connectivity index (χ1v) is 7.79. The lowest BCUT2D eigenvalue weighted by atomic mass is 9.92. The number of carbonyl (C=O) groups excluding carboxylic acids is 1. The van der Waals surface area contributed by atoms with Crippen LogP contribution < -0.4 is 11.1 Å². The second-order valence-electron chi connectivity index (χ2n) is 5.94. The van der Waals surface area contributed by atoms with E-state index in [0.29, 0.717) is 5.92 Å².